The lowest BCUT2D eigenvalue weighted by molar-refractivity contribution is 0.228. The molecule has 0 aromatic rings. The minimum absolute atomic E-state index is 0.126. The predicted molar refractivity (Wildman–Crippen MR) is 59.1 cm³/mol. The number of nitrogens with zero attached hydrogens (tertiary/aromatic N) is 2. The number of likely N-dealkylation sites (tertiary alicyclic amines) is 1. The molecule has 0 amide bonds. The number of rotatable bonds is 4. The van der Waals surface area contributed by atoms with Crippen molar-refractivity contribution in [3.05, 3.63) is 0 Å². The summed E-state index contributed by atoms with van der Waals surface area (Å²) in [5.74, 6) is 0.151. The fourth-order valence-corrected chi connectivity index (χ4v) is 2.40. The van der Waals surface area contributed by atoms with Crippen molar-refractivity contribution in [3.63, 3.8) is 0 Å². The van der Waals surface area contributed by atoms with Gasteiger partial charge < -0.3 is 10.9 Å². The molecule has 1 fully saturated rings. The Kier molecular flexibility index (Phi) is 4.47. The van der Waals surface area contributed by atoms with Crippen molar-refractivity contribution >= 4 is 16.0 Å². The largest absolute Gasteiger partial charge is 0.409 e. The molecular formula is C7H17N5O3S. The highest BCUT2D eigenvalue weighted by atomic mass is 32.2. The molecule has 6 N–H and O–H groups in total. The molecule has 0 atom stereocenters. The predicted octanol–water partition coefficient (Wildman–Crippen LogP) is -2.01. The molecule has 0 spiro atoms. The molecule has 9 heteroatoms. The maximum absolute atomic E-state index is 10.8. The van der Waals surface area contributed by atoms with E-state index in [0.29, 0.717) is 32.5 Å². The van der Waals surface area contributed by atoms with Gasteiger partial charge >= 0.3 is 0 Å². The second kappa shape index (κ2) is 5.43. The number of piperidine rings is 1. The summed E-state index contributed by atoms with van der Waals surface area (Å²) in [6, 6.07) is -0.126. The van der Waals surface area contributed by atoms with Crippen LogP contribution in [0, 0.1) is 0 Å². The third kappa shape index (κ3) is 4.75. The zero-order valence-corrected chi connectivity index (χ0v) is 9.65. The van der Waals surface area contributed by atoms with Crippen LogP contribution in [0.15, 0.2) is 5.16 Å². The van der Waals surface area contributed by atoms with E-state index in [0.717, 1.165) is 0 Å². The lowest BCUT2D eigenvalue weighted by Gasteiger charge is -2.31. The van der Waals surface area contributed by atoms with E-state index in [-0.39, 0.29) is 11.9 Å². The van der Waals surface area contributed by atoms with Gasteiger partial charge in [-0.2, -0.15) is 13.1 Å². The van der Waals surface area contributed by atoms with Gasteiger partial charge in [0.1, 0.15) is 0 Å². The van der Waals surface area contributed by atoms with Gasteiger partial charge in [-0.1, -0.05) is 5.16 Å². The van der Waals surface area contributed by atoms with Crippen molar-refractivity contribution in [3.8, 4) is 0 Å². The van der Waals surface area contributed by atoms with E-state index in [1.807, 2.05) is 4.90 Å². The molecule has 8 nitrogen and oxygen atoms in total. The van der Waals surface area contributed by atoms with Gasteiger partial charge in [-0.05, 0) is 12.8 Å². The number of hydrogen-bond acceptors (Lipinski definition) is 5. The lowest BCUT2D eigenvalue weighted by atomic mass is 10.1. The molecule has 0 aromatic carbocycles. The third-order valence-corrected chi connectivity index (χ3v) is 3.09. The molecule has 1 saturated heterocycles. The van der Waals surface area contributed by atoms with Crippen LogP contribution in [-0.4, -0.2) is 50.0 Å². The van der Waals surface area contributed by atoms with Crippen molar-refractivity contribution in [2.24, 2.45) is 16.0 Å². The van der Waals surface area contributed by atoms with Crippen molar-refractivity contribution in [2.45, 2.75) is 18.9 Å². The zero-order valence-electron chi connectivity index (χ0n) is 8.83. The summed E-state index contributed by atoms with van der Waals surface area (Å²) in [5, 5.41) is 16.2. The van der Waals surface area contributed by atoms with Gasteiger partial charge in [0, 0.05) is 19.1 Å². The summed E-state index contributed by atoms with van der Waals surface area (Å²) in [6.45, 7) is 1.76. The maximum Gasteiger partial charge on any atom is 0.274 e. The third-order valence-electron chi connectivity index (χ3n) is 2.43. The molecule has 0 radical (unpaired) electrons. The molecule has 0 bridgehead atoms. The fourth-order valence-electron chi connectivity index (χ4n) is 1.70. The minimum Gasteiger partial charge on any atom is -0.409 e. The number of nitrogens with one attached hydrogen (secondary N) is 1. The van der Waals surface area contributed by atoms with E-state index in [2.05, 4.69) is 9.88 Å². The highest BCUT2D eigenvalue weighted by Gasteiger charge is 2.22. The van der Waals surface area contributed by atoms with Crippen molar-refractivity contribution in [2.75, 3.05) is 19.6 Å². The fraction of sp³-hybridized carbons (Fsp3) is 0.857. The summed E-state index contributed by atoms with van der Waals surface area (Å²) < 4.78 is 23.9. The van der Waals surface area contributed by atoms with E-state index in [9.17, 15) is 8.42 Å². The molecule has 0 saturated carbocycles. The Morgan fingerprint density at radius 1 is 1.50 bits per heavy atom. The summed E-state index contributed by atoms with van der Waals surface area (Å²) >= 11 is 0. The van der Waals surface area contributed by atoms with Crippen LogP contribution >= 0.6 is 0 Å². The zero-order chi connectivity index (χ0) is 12.2. The van der Waals surface area contributed by atoms with Crippen LogP contribution in [0.25, 0.3) is 0 Å². The Morgan fingerprint density at radius 3 is 2.50 bits per heavy atom. The van der Waals surface area contributed by atoms with Crippen LogP contribution in [0.4, 0.5) is 0 Å². The van der Waals surface area contributed by atoms with Crippen molar-refractivity contribution in [1.82, 2.24) is 9.62 Å². The number of nitrogens with two attached hydrogens (primary N) is 2. The first-order valence-electron chi connectivity index (χ1n) is 4.89. The maximum atomic E-state index is 10.8. The summed E-state index contributed by atoms with van der Waals surface area (Å²) in [5.41, 5.74) is 5.37. The number of oxime groups is 1. The minimum atomic E-state index is -3.63. The van der Waals surface area contributed by atoms with Crippen LogP contribution in [0.2, 0.25) is 0 Å². The molecule has 94 valence electrons. The first-order valence-corrected chi connectivity index (χ1v) is 6.44. The van der Waals surface area contributed by atoms with Crippen LogP contribution in [0.3, 0.4) is 0 Å². The summed E-state index contributed by atoms with van der Waals surface area (Å²) in [4.78, 5) is 1.98. The molecule has 16 heavy (non-hydrogen) atoms. The van der Waals surface area contributed by atoms with Gasteiger partial charge in [0.05, 0.1) is 6.54 Å². The quantitative estimate of drug-likeness (QED) is 0.198. The highest BCUT2D eigenvalue weighted by molar-refractivity contribution is 7.87. The van der Waals surface area contributed by atoms with Crippen LogP contribution in [-0.2, 0) is 10.2 Å². The molecule has 0 aromatic heterocycles. The molecule has 1 aliphatic heterocycles. The molecule has 0 aliphatic carbocycles. The first kappa shape index (κ1) is 13.2. The number of hydrogen-bond donors (Lipinski definition) is 4. The van der Waals surface area contributed by atoms with Crippen molar-refractivity contribution in [1.29, 1.82) is 0 Å². The Bertz CT molecular complexity index is 347. The SMILES string of the molecule is NC(CN1CCC(NS(N)(=O)=O)CC1)=NO. The molecule has 0 unspecified atom stereocenters. The first-order chi connectivity index (χ1) is 7.40. The Labute approximate surface area is 94.5 Å². The van der Waals surface area contributed by atoms with Gasteiger partial charge in [0.15, 0.2) is 5.84 Å². The van der Waals surface area contributed by atoms with Gasteiger partial charge in [0.2, 0.25) is 0 Å². The van der Waals surface area contributed by atoms with Crippen molar-refractivity contribution < 1.29 is 13.6 Å². The van der Waals surface area contributed by atoms with E-state index >= 15 is 0 Å². The Morgan fingerprint density at radius 2 is 2.06 bits per heavy atom. The second-order valence-corrected chi connectivity index (χ2v) is 5.13. The van der Waals surface area contributed by atoms with Crippen LogP contribution in [0.5, 0.6) is 0 Å². The number of amidine groups is 1. The van der Waals surface area contributed by atoms with Gasteiger partial charge in [-0.15, -0.1) is 0 Å². The Hall–Kier alpha value is -0.900. The summed E-state index contributed by atoms with van der Waals surface area (Å²) in [7, 11) is -3.63. The lowest BCUT2D eigenvalue weighted by Crippen LogP contribution is -2.48. The van der Waals surface area contributed by atoms with Gasteiger partial charge in [-0.3, -0.25) is 4.90 Å². The summed E-state index contributed by atoms with van der Waals surface area (Å²) in [6.07, 6.45) is 1.32. The molecule has 1 aliphatic rings. The van der Waals surface area contributed by atoms with E-state index < -0.39 is 10.2 Å². The normalized spacial score (nSPS) is 21.2. The van der Waals surface area contributed by atoms with E-state index in [4.69, 9.17) is 16.1 Å². The van der Waals surface area contributed by atoms with Gasteiger partial charge in [-0.25, -0.2) is 5.14 Å². The van der Waals surface area contributed by atoms with E-state index in [1.54, 1.807) is 0 Å². The Balaban J connectivity index is 2.34. The average molecular weight is 251 g/mol. The highest BCUT2D eigenvalue weighted by Crippen LogP contribution is 2.10. The second-order valence-electron chi connectivity index (χ2n) is 3.80. The van der Waals surface area contributed by atoms with E-state index in [1.165, 1.54) is 0 Å². The monoisotopic (exact) mass is 251 g/mol. The standard InChI is InChI=1S/C7H17N5O3S/c8-7(10-13)5-12-3-1-6(2-4-12)11-16(9,14)15/h6,11,13H,1-5H2,(H2,8,10)(H2,9,14,15). The topological polar surface area (TPSA) is 134 Å². The van der Waals surface area contributed by atoms with Gasteiger partial charge in [0.25, 0.3) is 10.2 Å². The van der Waals surface area contributed by atoms with Crippen LogP contribution < -0.4 is 15.6 Å². The average Bonchev–Trinajstić information content (AvgIpc) is 2.18. The smallest absolute Gasteiger partial charge is 0.274 e. The molecule has 1 heterocycles. The molecular weight excluding hydrogens is 234 g/mol. The van der Waals surface area contributed by atoms with Crippen LogP contribution in [0.1, 0.15) is 12.8 Å². The molecule has 1 rings (SSSR count).